The number of aromatic carboxylic acids is 1. The number of esters is 2. The zero-order valence-electron chi connectivity index (χ0n) is 48.7. The highest BCUT2D eigenvalue weighted by Crippen LogP contribution is 2.10. The molecule has 29 heteroatoms. The molecule has 0 bridgehead atoms. The fourth-order valence-corrected chi connectivity index (χ4v) is 3.51. The summed E-state index contributed by atoms with van der Waals surface area (Å²) in [5.41, 5.74) is 0.323. The van der Waals surface area contributed by atoms with Gasteiger partial charge in [-0.05, 0) is 93.8 Å². The predicted octanol–water partition coefficient (Wildman–Crippen LogP) is 5.15. The molecule has 1 atom stereocenters. The Balaban J connectivity index is -0.000000256. The largest absolute Gasteiger partial charge is 0.481 e. The van der Waals surface area contributed by atoms with E-state index < -0.39 is 36.5 Å². The lowest BCUT2D eigenvalue weighted by Gasteiger charge is -2.22. The van der Waals surface area contributed by atoms with E-state index in [-0.39, 0.29) is 52.4 Å². The number of aliphatic hydroxyl groups excluding tert-OH is 1. The molecular weight excluding hydrogens is 1020 g/mol. The Bertz CT molecular complexity index is 2240. The number of hydrogen-bond acceptors (Lipinski definition) is 22. The van der Waals surface area contributed by atoms with Gasteiger partial charge >= 0.3 is 36.2 Å². The van der Waals surface area contributed by atoms with E-state index in [1.807, 2.05) is 88.5 Å². The number of carboxylic acids is 2. The van der Waals surface area contributed by atoms with Crippen molar-refractivity contribution in [2.24, 2.45) is 0 Å². The molecule has 0 saturated heterocycles. The highest BCUT2D eigenvalue weighted by Gasteiger charge is 2.20. The van der Waals surface area contributed by atoms with E-state index in [9.17, 15) is 33.6 Å². The predicted molar refractivity (Wildman–Crippen MR) is 280 cm³/mol. The number of ether oxygens (including phenoxy) is 5. The van der Waals surface area contributed by atoms with Gasteiger partial charge in [0.25, 0.3) is 5.97 Å². The van der Waals surface area contributed by atoms with Crippen LogP contribution in [0, 0.1) is 13.8 Å². The number of amides is 4. The molecule has 29 nitrogen and oxygen atoms in total. The van der Waals surface area contributed by atoms with Gasteiger partial charge in [0.05, 0.1) is 20.8 Å². The molecule has 0 radical (unpaired) electrons. The molecule has 0 fully saturated rings. The third kappa shape index (κ3) is 47.4. The SMILES string of the molecule is CC(=O)O.CN(C)C(=O)OC(C)(C)C.CN(C)C(=O)OC(C)(C)C.CN(C)C(=O)OC(C)(C)C.CNC.COC(=O)[C@H](CO)NC(C)=O.COC(=O)c1coc(C)n1.Cc1nc(C(=O)O)co1.On1nnc2ccccc21. The maximum absolute atomic E-state index is 10.9. The summed E-state index contributed by atoms with van der Waals surface area (Å²) in [7, 11) is 16.2. The molecule has 3 heterocycles. The van der Waals surface area contributed by atoms with Crippen LogP contribution in [0.25, 0.3) is 11.0 Å². The Hall–Kier alpha value is -8.08. The Morgan fingerprint density at radius 3 is 1.23 bits per heavy atom. The van der Waals surface area contributed by atoms with E-state index in [1.165, 1.54) is 42.1 Å². The summed E-state index contributed by atoms with van der Waals surface area (Å²) in [6.07, 6.45) is 1.48. The van der Waals surface area contributed by atoms with Crippen LogP contribution < -0.4 is 10.6 Å². The summed E-state index contributed by atoms with van der Waals surface area (Å²) in [6, 6.07) is 6.25. The molecule has 6 N–H and O–H groups in total. The van der Waals surface area contributed by atoms with E-state index in [0.29, 0.717) is 22.8 Å². The van der Waals surface area contributed by atoms with Gasteiger partial charge < -0.3 is 78.4 Å². The number of oxazole rings is 2. The Kier molecular flexibility index (Phi) is 40.7. The minimum absolute atomic E-state index is 0.0486. The fraction of sp³-hybridized carbons (Fsp3) is 0.583. The van der Waals surface area contributed by atoms with Crippen LogP contribution >= 0.6 is 0 Å². The van der Waals surface area contributed by atoms with Gasteiger partial charge in [-0.3, -0.25) is 9.59 Å². The molecule has 0 aliphatic heterocycles. The minimum Gasteiger partial charge on any atom is -0.481 e. The average molecular weight is 1110 g/mol. The number of para-hydroxylation sites is 1. The summed E-state index contributed by atoms with van der Waals surface area (Å²) < 4.78 is 33.0. The minimum atomic E-state index is -1.06. The van der Waals surface area contributed by atoms with Crippen LogP contribution in [-0.4, -0.2) is 208 Å². The first-order valence-corrected chi connectivity index (χ1v) is 22.7. The van der Waals surface area contributed by atoms with E-state index in [4.69, 9.17) is 43.9 Å². The average Bonchev–Trinajstić information content (AvgIpc) is 4.04. The van der Waals surface area contributed by atoms with Gasteiger partial charge in [0.2, 0.25) is 5.91 Å². The number of aliphatic hydroxyl groups is 1. The fourth-order valence-electron chi connectivity index (χ4n) is 3.51. The first-order valence-electron chi connectivity index (χ1n) is 22.7. The van der Waals surface area contributed by atoms with Crippen molar-refractivity contribution in [3.63, 3.8) is 0 Å². The number of carbonyl (C=O) groups excluding carboxylic acids is 6. The summed E-state index contributed by atoms with van der Waals surface area (Å²) in [6.45, 7) is 21.7. The maximum atomic E-state index is 10.9. The monoisotopic (exact) mass is 1100 g/mol. The lowest BCUT2D eigenvalue weighted by Crippen LogP contribution is -2.42. The van der Waals surface area contributed by atoms with Crippen molar-refractivity contribution >= 4 is 59.1 Å². The van der Waals surface area contributed by atoms with Crippen LogP contribution in [0.2, 0.25) is 0 Å². The molecule has 4 aromatic rings. The Morgan fingerprint density at radius 1 is 0.662 bits per heavy atom. The number of nitrogens with one attached hydrogen (secondary N) is 2. The molecule has 4 amide bonds. The molecule has 4 rings (SSSR count). The van der Waals surface area contributed by atoms with E-state index in [0.717, 1.165) is 18.0 Å². The van der Waals surface area contributed by atoms with Crippen LogP contribution in [0.5, 0.6) is 0 Å². The standard InChI is InChI=1S/3C7H15NO2.C6H5N3O.C6H11NO4.C6H7NO3.C5H5NO3.C2H7N.C2H4O2/c3*1-7(2,3)10-6(9)8(4)5;10-9-6-4-2-1-3-5(6)7-8-9;1-4(9)7-5(3-8)6(10)11-2;1-4-7-5(3-10-4)6(8)9-2;1-3-6-4(2-9-3)5(7)8;1-3-2;1-2(3)4/h3*1-5H3;1-4,10H;5,8H,3H2,1-2H3,(H,7,9);3H,1-2H3;2H,1H3,(H,7,8);3H,1-2H3;1H3,(H,3,4)/t;;;;5-;;;;/m....0..../s1. The summed E-state index contributed by atoms with van der Waals surface area (Å²) in [4.78, 5) is 95.7. The summed E-state index contributed by atoms with van der Waals surface area (Å²) in [5.74, 6) is -2.58. The van der Waals surface area contributed by atoms with Gasteiger partial charge in [0, 0.05) is 70.0 Å². The number of benzene rings is 1. The van der Waals surface area contributed by atoms with Crippen molar-refractivity contribution in [2.75, 3.05) is 77.2 Å². The van der Waals surface area contributed by atoms with Crippen molar-refractivity contribution in [2.45, 2.75) is 113 Å². The molecule has 0 saturated carbocycles. The third-order valence-electron chi connectivity index (χ3n) is 6.51. The smallest absolute Gasteiger partial charge is 0.409 e. The lowest BCUT2D eigenvalue weighted by molar-refractivity contribution is -0.146. The van der Waals surface area contributed by atoms with Crippen LogP contribution in [0.4, 0.5) is 14.4 Å². The number of aromatic nitrogens is 5. The number of aryl methyl sites for hydroxylation is 2. The molecule has 0 aliphatic rings. The first kappa shape index (κ1) is 77.8. The van der Waals surface area contributed by atoms with Gasteiger partial charge in [-0.2, -0.15) is 0 Å². The van der Waals surface area contributed by atoms with Crippen LogP contribution in [-0.2, 0) is 38.1 Å². The zero-order valence-corrected chi connectivity index (χ0v) is 48.7. The van der Waals surface area contributed by atoms with E-state index in [2.05, 4.69) is 44.8 Å². The molecule has 3 aromatic heterocycles. The van der Waals surface area contributed by atoms with Gasteiger partial charge in [-0.1, -0.05) is 17.0 Å². The molecule has 0 spiro atoms. The summed E-state index contributed by atoms with van der Waals surface area (Å²) in [5, 5.41) is 45.3. The van der Waals surface area contributed by atoms with Crippen LogP contribution in [0.15, 0.2) is 45.6 Å². The normalized spacial score (nSPS) is 10.2. The van der Waals surface area contributed by atoms with E-state index >= 15 is 0 Å². The molecular formula is C48H84N10O19. The van der Waals surface area contributed by atoms with E-state index in [1.54, 1.807) is 68.3 Å². The van der Waals surface area contributed by atoms with Crippen molar-refractivity contribution in [3.8, 4) is 0 Å². The lowest BCUT2D eigenvalue weighted by atomic mass is 10.2. The number of carbonyl (C=O) groups is 8. The summed E-state index contributed by atoms with van der Waals surface area (Å²) >= 11 is 0. The molecule has 0 aliphatic carbocycles. The molecule has 0 unspecified atom stereocenters. The number of aliphatic carboxylic acids is 1. The van der Waals surface area contributed by atoms with Crippen molar-refractivity contribution in [1.29, 1.82) is 0 Å². The Labute approximate surface area is 450 Å². The van der Waals surface area contributed by atoms with Crippen LogP contribution in [0.3, 0.4) is 0 Å². The first-order chi connectivity index (χ1) is 35.1. The Morgan fingerprint density at radius 2 is 1.01 bits per heavy atom. The van der Waals surface area contributed by atoms with Gasteiger partial charge in [-0.15, -0.1) is 5.10 Å². The molecule has 440 valence electrons. The van der Waals surface area contributed by atoms with Crippen molar-refractivity contribution in [1.82, 2.24) is 50.5 Å². The highest BCUT2D eigenvalue weighted by molar-refractivity contribution is 5.86. The zero-order chi connectivity index (χ0) is 61.6. The maximum Gasteiger partial charge on any atom is 0.409 e. The second kappa shape index (κ2) is 40.3. The number of carboxylic acid groups (broad SMARTS) is 2. The number of rotatable bonds is 5. The van der Waals surface area contributed by atoms with Crippen molar-refractivity contribution in [3.05, 3.63) is 60.0 Å². The topological polar surface area (TPSA) is 380 Å². The second-order valence-electron chi connectivity index (χ2n) is 18.4. The number of fused-ring (bicyclic) bond motifs is 1. The number of methoxy groups -OCH3 is 2. The van der Waals surface area contributed by atoms with Gasteiger partial charge in [0.1, 0.15) is 40.4 Å². The van der Waals surface area contributed by atoms with Crippen molar-refractivity contribution < 1.29 is 91.4 Å². The number of nitrogens with zero attached hydrogens (tertiary/aromatic N) is 8. The van der Waals surface area contributed by atoms with Gasteiger partial charge in [-0.25, -0.2) is 38.7 Å². The quantitative estimate of drug-likeness (QED) is 0.0854. The highest BCUT2D eigenvalue weighted by atomic mass is 16.6. The number of hydrogen-bond donors (Lipinski definition) is 6. The van der Waals surface area contributed by atoms with Gasteiger partial charge in [0.15, 0.2) is 29.2 Å². The third-order valence-corrected chi connectivity index (χ3v) is 6.51. The molecule has 1 aromatic carbocycles. The second-order valence-corrected chi connectivity index (χ2v) is 18.4. The molecule has 77 heavy (non-hydrogen) atoms. The van der Waals surface area contributed by atoms with Crippen LogP contribution in [0.1, 0.15) is 109 Å².